The molecule has 0 saturated heterocycles. The average Bonchev–Trinajstić information content (AvgIpc) is 3.31. The van der Waals surface area contributed by atoms with E-state index in [9.17, 15) is 9.90 Å². The maximum atomic E-state index is 11.5. The lowest BCUT2D eigenvalue weighted by Gasteiger charge is -2.29. The van der Waals surface area contributed by atoms with Gasteiger partial charge in [-0.1, -0.05) is 69.1 Å². The van der Waals surface area contributed by atoms with E-state index in [0.717, 1.165) is 40.4 Å². The summed E-state index contributed by atoms with van der Waals surface area (Å²) < 4.78 is 8.08. The Kier molecular flexibility index (Phi) is 9.44. The lowest BCUT2D eigenvalue weighted by Crippen LogP contribution is -2.27. The van der Waals surface area contributed by atoms with Crippen LogP contribution in [0.5, 0.6) is 5.75 Å². The van der Waals surface area contributed by atoms with Gasteiger partial charge in [-0.25, -0.2) is 9.48 Å². The largest absolute Gasteiger partial charge is 0.487 e. The van der Waals surface area contributed by atoms with E-state index in [4.69, 9.17) is 27.9 Å². The highest BCUT2D eigenvalue weighted by atomic mass is 35.5. The van der Waals surface area contributed by atoms with E-state index in [1.165, 1.54) is 0 Å². The molecule has 0 atom stereocenters. The van der Waals surface area contributed by atoms with Gasteiger partial charge in [0.25, 0.3) is 0 Å². The molecule has 1 N–H and O–H groups in total. The molecule has 6 nitrogen and oxygen atoms in total. The summed E-state index contributed by atoms with van der Waals surface area (Å²) in [5.74, 6) is 0.478. The number of para-hydroxylation sites is 1. The Morgan fingerprint density at radius 2 is 1.73 bits per heavy atom. The highest BCUT2D eigenvalue weighted by Crippen LogP contribution is 2.33. The van der Waals surface area contributed by atoms with Crippen molar-refractivity contribution in [2.45, 2.75) is 53.7 Å². The SMILES string of the molecule is Cc1cc(OCc2c(C(C)C)cnn2-c2c(Cl)cccc2Cl)ccc1N(Cc1cccc(C(=O)O)c1)CC(C)C. The summed E-state index contributed by atoms with van der Waals surface area (Å²) in [6.45, 7) is 12.4. The van der Waals surface area contributed by atoms with E-state index in [1.807, 2.05) is 30.5 Å². The van der Waals surface area contributed by atoms with Crippen LogP contribution in [0.15, 0.2) is 66.9 Å². The predicted octanol–water partition coefficient (Wildman–Crippen LogP) is 8.55. The third-order valence-electron chi connectivity index (χ3n) is 6.69. The van der Waals surface area contributed by atoms with E-state index in [0.29, 0.717) is 40.4 Å². The van der Waals surface area contributed by atoms with Crippen molar-refractivity contribution < 1.29 is 14.6 Å². The van der Waals surface area contributed by atoms with Crippen molar-refractivity contribution in [2.75, 3.05) is 11.4 Å². The number of hydrogen-bond acceptors (Lipinski definition) is 4. The molecule has 0 radical (unpaired) electrons. The van der Waals surface area contributed by atoms with Gasteiger partial charge < -0.3 is 14.7 Å². The molecular formula is C32H35Cl2N3O3. The van der Waals surface area contributed by atoms with Gasteiger partial charge in [0.05, 0.1) is 27.5 Å². The van der Waals surface area contributed by atoms with Gasteiger partial charge in [-0.2, -0.15) is 5.10 Å². The molecule has 40 heavy (non-hydrogen) atoms. The first-order chi connectivity index (χ1) is 19.0. The molecule has 0 spiro atoms. The maximum Gasteiger partial charge on any atom is 0.335 e. The molecule has 210 valence electrons. The third-order valence-corrected chi connectivity index (χ3v) is 7.30. The zero-order valence-corrected chi connectivity index (χ0v) is 25.0. The summed E-state index contributed by atoms with van der Waals surface area (Å²) in [7, 11) is 0. The first kappa shape index (κ1) is 29.5. The Hall–Kier alpha value is -3.48. The number of aryl methyl sites for hydroxylation is 1. The Bertz CT molecular complexity index is 1480. The van der Waals surface area contributed by atoms with Crippen molar-refractivity contribution in [2.24, 2.45) is 5.92 Å². The number of aromatic nitrogens is 2. The van der Waals surface area contributed by atoms with Crippen LogP contribution in [0.4, 0.5) is 5.69 Å². The quantitative estimate of drug-likeness (QED) is 0.193. The zero-order valence-electron chi connectivity index (χ0n) is 23.5. The lowest BCUT2D eigenvalue weighted by atomic mass is 10.0. The van der Waals surface area contributed by atoms with Crippen LogP contribution in [0, 0.1) is 12.8 Å². The molecule has 0 aliphatic carbocycles. The van der Waals surface area contributed by atoms with E-state index in [-0.39, 0.29) is 5.92 Å². The molecule has 0 aliphatic heterocycles. The van der Waals surface area contributed by atoms with Crippen LogP contribution in [0.1, 0.15) is 66.4 Å². The van der Waals surface area contributed by atoms with E-state index < -0.39 is 5.97 Å². The highest BCUT2D eigenvalue weighted by molar-refractivity contribution is 6.37. The Labute approximate surface area is 246 Å². The molecule has 1 heterocycles. The van der Waals surface area contributed by atoms with Gasteiger partial charge in [-0.15, -0.1) is 0 Å². The van der Waals surface area contributed by atoms with Crippen LogP contribution in [0.2, 0.25) is 10.0 Å². The van der Waals surface area contributed by atoms with Crippen LogP contribution < -0.4 is 9.64 Å². The second-order valence-corrected chi connectivity index (χ2v) is 11.5. The Morgan fingerprint density at radius 1 is 1.02 bits per heavy atom. The number of carboxylic acids is 1. The number of rotatable bonds is 11. The predicted molar refractivity (Wildman–Crippen MR) is 162 cm³/mol. The molecule has 1 aromatic heterocycles. The number of anilines is 1. The fraction of sp³-hybridized carbons (Fsp3) is 0.312. The van der Waals surface area contributed by atoms with E-state index in [2.05, 4.69) is 50.7 Å². The van der Waals surface area contributed by atoms with Crippen LogP contribution in [0.25, 0.3) is 5.69 Å². The Morgan fingerprint density at radius 3 is 2.35 bits per heavy atom. The van der Waals surface area contributed by atoms with E-state index in [1.54, 1.807) is 35.0 Å². The monoisotopic (exact) mass is 579 g/mol. The molecule has 0 amide bonds. The van der Waals surface area contributed by atoms with Crippen molar-refractivity contribution in [3.63, 3.8) is 0 Å². The standard InChI is InChI=1S/C32H35Cl2N3O3/c1-20(2)17-36(18-23-8-6-9-24(15-23)32(38)39)29-13-12-25(14-22(29)5)40-19-30-26(21(3)4)16-35-37(30)31-27(33)10-7-11-28(31)34/h6-16,20-21H,17-19H2,1-5H3,(H,38,39). The number of carbonyl (C=O) groups is 1. The van der Waals surface area contributed by atoms with E-state index >= 15 is 0 Å². The average molecular weight is 581 g/mol. The third kappa shape index (κ3) is 6.80. The molecule has 0 bridgehead atoms. The first-order valence-corrected chi connectivity index (χ1v) is 14.1. The molecule has 8 heteroatoms. The van der Waals surface area contributed by atoms with Crippen LogP contribution >= 0.6 is 23.2 Å². The van der Waals surface area contributed by atoms with Crippen LogP contribution in [-0.4, -0.2) is 27.4 Å². The van der Waals surface area contributed by atoms with Crippen molar-refractivity contribution in [3.8, 4) is 11.4 Å². The molecule has 0 unspecified atom stereocenters. The van der Waals surface area contributed by atoms with Crippen LogP contribution in [-0.2, 0) is 13.2 Å². The minimum Gasteiger partial charge on any atom is -0.487 e. The molecule has 0 saturated carbocycles. The normalized spacial score (nSPS) is 11.3. The smallest absolute Gasteiger partial charge is 0.335 e. The number of carboxylic acid groups (broad SMARTS) is 1. The van der Waals surface area contributed by atoms with Crippen molar-refractivity contribution in [1.29, 1.82) is 0 Å². The number of halogens is 2. The Balaban J connectivity index is 1.59. The first-order valence-electron chi connectivity index (χ1n) is 13.4. The minimum absolute atomic E-state index is 0.238. The highest BCUT2D eigenvalue weighted by Gasteiger charge is 2.20. The summed E-state index contributed by atoms with van der Waals surface area (Å²) in [5, 5.41) is 15.1. The molecule has 3 aromatic carbocycles. The summed E-state index contributed by atoms with van der Waals surface area (Å²) in [6, 6.07) is 18.6. The fourth-order valence-electron chi connectivity index (χ4n) is 4.83. The lowest BCUT2D eigenvalue weighted by molar-refractivity contribution is 0.0696. The van der Waals surface area contributed by atoms with Gasteiger partial charge in [-0.05, 0) is 77.9 Å². The van der Waals surface area contributed by atoms with Gasteiger partial charge in [0.1, 0.15) is 18.0 Å². The number of hydrogen-bond donors (Lipinski definition) is 1. The van der Waals surface area contributed by atoms with Gasteiger partial charge in [-0.3, -0.25) is 0 Å². The van der Waals surface area contributed by atoms with Crippen molar-refractivity contribution >= 4 is 34.9 Å². The number of ether oxygens (including phenoxy) is 1. The second kappa shape index (κ2) is 12.8. The van der Waals surface area contributed by atoms with Crippen LogP contribution in [0.3, 0.4) is 0 Å². The van der Waals surface area contributed by atoms with Gasteiger partial charge in [0.2, 0.25) is 0 Å². The number of nitrogens with zero attached hydrogens (tertiary/aromatic N) is 3. The van der Waals surface area contributed by atoms with Crippen molar-refractivity contribution in [1.82, 2.24) is 9.78 Å². The molecular weight excluding hydrogens is 545 g/mol. The number of benzene rings is 3. The molecule has 0 aliphatic rings. The molecule has 4 aromatic rings. The second-order valence-electron chi connectivity index (χ2n) is 10.7. The topological polar surface area (TPSA) is 67.6 Å². The summed E-state index contributed by atoms with van der Waals surface area (Å²) in [4.78, 5) is 13.8. The molecule has 4 rings (SSSR count). The fourth-order valence-corrected chi connectivity index (χ4v) is 5.39. The maximum absolute atomic E-state index is 11.5. The summed E-state index contributed by atoms with van der Waals surface area (Å²) in [5.41, 5.74) is 5.99. The number of aromatic carboxylic acids is 1. The van der Waals surface area contributed by atoms with Crippen molar-refractivity contribution in [3.05, 3.63) is 105 Å². The van der Waals surface area contributed by atoms with Gasteiger partial charge in [0, 0.05) is 18.8 Å². The summed E-state index contributed by atoms with van der Waals surface area (Å²) in [6.07, 6.45) is 1.85. The minimum atomic E-state index is -0.922. The zero-order chi connectivity index (χ0) is 29.0. The van der Waals surface area contributed by atoms with Gasteiger partial charge >= 0.3 is 5.97 Å². The summed E-state index contributed by atoms with van der Waals surface area (Å²) >= 11 is 13.0. The molecule has 0 fully saturated rings. The van der Waals surface area contributed by atoms with Gasteiger partial charge in [0.15, 0.2) is 0 Å².